The summed E-state index contributed by atoms with van der Waals surface area (Å²) in [7, 11) is 0. The molecule has 0 spiro atoms. The van der Waals surface area contributed by atoms with Crippen molar-refractivity contribution in [2.24, 2.45) is 0 Å². The third-order valence-electron chi connectivity index (χ3n) is 1.46. The number of hydrogen-bond acceptors (Lipinski definition) is 3. The number of nitrogens with one attached hydrogen (secondary N) is 1. The fraction of sp³-hybridized carbons (Fsp3) is 0.833. The van der Waals surface area contributed by atoms with Gasteiger partial charge in [0.1, 0.15) is 0 Å². The lowest BCUT2D eigenvalue weighted by Crippen LogP contribution is -2.41. The van der Waals surface area contributed by atoms with E-state index in [0.717, 1.165) is 19.8 Å². The van der Waals surface area contributed by atoms with Crippen molar-refractivity contribution in [1.29, 1.82) is 5.26 Å². The largest absolute Gasteiger partial charge is 0.304 e. The number of nitriles is 1. The van der Waals surface area contributed by atoms with Gasteiger partial charge in [0.05, 0.1) is 12.6 Å². The zero-order valence-electron chi connectivity index (χ0n) is 5.43. The Labute approximate surface area is 55.3 Å². The van der Waals surface area contributed by atoms with Crippen LogP contribution in [-0.2, 0) is 0 Å². The van der Waals surface area contributed by atoms with Crippen LogP contribution in [0.1, 0.15) is 6.42 Å². The summed E-state index contributed by atoms with van der Waals surface area (Å²) in [6, 6.07) is 2.12. The predicted molar refractivity (Wildman–Crippen MR) is 34.7 cm³/mol. The molecule has 3 nitrogen and oxygen atoms in total. The molecule has 1 rings (SSSR count). The Hall–Kier alpha value is -0.590. The Morgan fingerprint density at radius 2 is 2.56 bits per heavy atom. The van der Waals surface area contributed by atoms with Crippen molar-refractivity contribution < 1.29 is 0 Å². The molecule has 50 valence electrons. The average Bonchev–Trinajstić information content (AvgIpc) is 1.91. The van der Waals surface area contributed by atoms with E-state index < -0.39 is 0 Å². The number of nitrogens with zero attached hydrogens (tertiary/aromatic N) is 2. The molecular formula is C6H11N3. The molecule has 0 aliphatic carbocycles. The van der Waals surface area contributed by atoms with Crippen molar-refractivity contribution in [3.63, 3.8) is 0 Å². The summed E-state index contributed by atoms with van der Waals surface area (Å²) in [6.45, 7) is 3.61. The molecule has 0 amide bonds. The first-order chi connectivity index (χ1) is 4.43. The lowest BCUT2D eigenvalue weighted by atomic mass is 10.3. The molecule has 0 radical (unpaired) electrons. The standard InChI is InChI=1S/C6H11N3/c7-2-5-9-4-1-3-8-6-9/h8H,1,3-6H2. The summed E-state index contributed by atoms with van der Waals surface area (Å²) in [5, 5.41) is 11.5. The van der Waals surface area contributed by atoms with E-state index in [-0.39, 0.29) is 0 Å². The van der Waals surface area contributed by atoms with E-state index in [2.05, 4.69) is 16.3 Å². The SMILES string of the molecule is N#CCN1CCCNC1. The third kappa shape index (κ3) is 2.00. The second-order valence-electron chi connectivity index (χ2n) is 2.22. The van der Waals surface area contributed by atoms with Crippen molar-refractivity contribution in [2.45, 2.75) is 6.42 Å². The van der Waals surface area contributed by atoms with Gasteiger partial charge in [-0.2, -0.15) is 5.26 Å². The van der Waals surface area contributed by atoms with Crippen molar-refractivity contribution in [3.05, 3.63) is 0 Å². The average molecular weight is 125 g/mol. The van der Waals surface area contributed by atoms with Crippen LogP contribution in [0.5, 0.6) is 0 Å². The van der Waals surface area contributed by atoms with Crippen molar-refractivity contribution in [3.8, 4) is 6.07 Å². The monoisotopic (exact) mass is 125 g/mol. The maximum atomic E-state index is 8.30. The van der Waals surface area contributed by atoms with Gasteiger partial charge in [0, 0.05) is 13.2 Å². The van der Waals surface area contributed by atoms with Crippen LogP contribution in [0, 0.1) is 11.3 Å². The highest BCUT2D eigenvalue weighted by Crippen LogP contribution is 1.92. The van der Waals surface area contributed by atoms with Gasteiger partial charge >= 0.3 is 0 Å². The summed E-state index contributed by atoms with van der Waals surface area (Å²) in [5.41, 5.74) is 0. The van der Waals surface area contributed by atoms with E-state index in [1.54, 1.807) is 0 Å². The van der Waals surface area contributed by atoms with E-state index in [9.17, 15) is 0 Å². The maximum absolute atomic E-state index is 8.30. The Morgan fingerprint density at radius 3 is 3.11 bits per heavy atom. The quantitative estimate of drug-likeness (QED) is 0.492. The fourth-order valence-electron chi connectivity index (χ4n) is 0.979. The second-order valence-corrected chi connectivity index (χ2v) is 2.22. The van der Waals surface area contributed by atoms with Crippen LogP contribution < -0.4 is 5.32 Å². The van der Waals surface area contributed by atoms with Crippen LogP contribution in [0.2, 0.25) is 0 Å². The molecule has 1 aliphatic heterocycles. The minimum absolute atomic E-state index is 0.562. The van der Waals surface area contributed by atoms with E-state index >= 15 is 0 Å². The van der Waals surface area contributed by atoms with Gasteiger partial charge in [-0.25, -0.2) is 0 Å². The fourth-order valence-corrected chi connectivity index (χ4v) is 0.979. The molecule has 0 saturated carbocycles. The van der Waals surface area contributed by atoms with Gasteiger partial charge in [0.25, 0.3) is 0 Å². The van der Waals surface area contributed by atoms with Crippen LogP contribution in [0.3, 0.4) is 0 Å². The molecule has 0 atom stereocenters. The molecule has 0 aromatic heterocycles. The molecule has 1 N–H and O–H groups in total. The highest BCUT2D eigenvalue weighted by Gasteiger charge is 2.06. The molecular weight excluding hydrogens is 114 g/mol. The predicted octanol–water partition coefficient (Wildman–Crippen LogP) is -0.237. The normalized spacial score (nSPS) is 21.2. The lowest BCUT2D eigenvalue weighted by Gasteiger charge is -2.24. The highest BCUT2D eigenvalue weighted by molar-refractivity contribution is 4.77. The molecule has 0 bridgehead atoms. The zero-order chi connectivity index (χ0) is 6.53. The number of hydrogen-bond donors (Lipinski definition) is 1. The van der Waals surface area contributed by atoms with E-state index in [1.165, 1.54) is 6.42 Å². The van der Waals surface area contributed by atoms with E-state index in [1.807, 2.05) is 0 Å². The van der Waals surface area contributed by atoms with Crippen molar-refractivity contribution in [2.75, 3.05) is 26.3 Å². The molecule has 1 fully saturated rings. The zero-order valence-corrected chi connectivity index (χ0v) is 5.43. The molecule has 0 aromatic rings. The lowest BCUT2D eigenvalue weighted by molar-refractivity contribution is 0.240. The maximum Gasteiger partial charge on any atom is 0.0876 e. The minimum Gasteiger partial charge on any atom is -0.304 e. The Bertz CT molecular complexity index is 110. The molecule has 1 saturated heterocycles. The summed E-state index contributed by atoms with van der Waals surface area (Å²) < 4.78 is 0. The van der Waals surface area contributed by atoms with Crippen molar-refractivity contribution in [1.82, 2.24) is 10.2 Å². The first kappa shape index (κ1) is 6.53. The van der Waals surface area contributed by atoms with E-state index in [0.29, 0.717) is 6.54 Å². The number of rotatable bonds is 1. The second kappa shape index (κ2) is 3.44. The highest BCUT2D eigenvalue weighted by atomic mass is 15.2. The van der Waals surface area contributed by atoms with Crippen LogP contribution in [0.15, 0.2) is 0 Å². The summed E-state index contributed by atoms with van der Waals surface area (Å²) >= 11 is 0. The smallest absolute Gasteiger partial charge is 0.0876 e. The van der Waals surface area contributed by atoms with Gasteiger partial charge in [-0.15, -0.1) is 0 Å². The van der Waals surface area contributed by atoms with Gasteiger partial charge < -0.3 is 5.32 Å². The van der Waals surface area contributed by atoms with Gasteiger partial charge in [-0.1, -0.05) is 0 Å². The van der Waals surface area contributed by atoms with Gasteiger partial charge in [-0.3, -0.25) is 4.90 Å². The van der Waals surface area contributed by atoms with Crippen molar-refractivity contribution >= 4 is 0 Å². The summed E-state index contributed by atoms with van der Waals surface area (Å²) in [5.74, 6) is 0. The molecule has 9 heavy (non-hydrogen) atoms. The molecule has 1 aliphatic rings. The Morgan fingerprint density at radius 1 is 1.67 bits per heavy atom. The van der Waals surface area contributed by atoms with Crippen LogP contribution in [-0.4, -0.2) is 31.2 Å². The first-order valence-electron chi connectivity index (χ1n) is 3.23. The first-order valence-corrected chi connectivity index (χ1v) is 3.23. The molecule has 0 unspecified atom stereocenters. The summed E-state index contributed by atoms with van der Waals surface area (Å²) in [4.78, 5) is 2.10. The van der Waals surface area contributed by atoms with Crippen LogP contribution in [0.4, 0.5) is 0 Å². The van der Waals surface area contributed by atoms with Gasteiger partial charge in [0.2, 0.25) is 0 Å². The molecule has 3 heteroatoms. The third-order valence-corrected chi connectivity index (χ3v) is 1.46. The van der Waals surface area contributed by atoms with Gasteiger partial charge in [0.15, 0.2) is 0 Å². The van der Waals surface area contributed by atoms with Gasteiger partial charge in [-0.05, 0) is 13.0 Å². The molecule has 1 heterocycles. The Kier molecular flexibility index (Phi) is 2.49. The summed E-state index contributed by atoms with van der Waals surface area (Å²) in [6.07, 6.45) is 1.17. The van der Waals surface area contributed by atoms with Crippen LogP contribution >= 0.6 is 0 Å². The van der Waals surface area contributed by atoms with Crippen LogP contribution in [0.25, 0.3) is 0 Å². The minimum atomic E-state index is 0.562. The van der Waals surface area contributed by atoms with E-state index in [4.69, 9.17) is 5.26 Å². The topological polar surface area (TPSA) is 39.1 Å². The Balaban J connectivity index is 2.17. The molecule has 0 aromatic carbocycles.